The maximum absolute atomic E-state index is 12.9. The van der Waals surface area contributed by atoms with Gasteiger partial charge in [0.2, 0.25) is 0 Å². The molecule has 1 unspecified atom stereocenters. The fourth-order valence-corrected chi connectivity index (χ4v) is 2.28. The zero-order valence-corrected chi connectivity index (χ0v) is 14.1. The van der Waals surface area contributed by atoms with Crippen LogP contribution in [0.15, 0.2) is 53.7 Å². The van der Waals surface area contributed by atoms with Gasteiger partial charge < -0.3 is 14.7 Å². The monoisotopic (exact) mass is 345 g/mol. The summed E-state index contributed by atoms with van der Waals surface area (Å²) in [5.74, 6) is -0.866. The van der Waals surface area contributed by atoms with Crippen molar-refractivity contribution in [1.29, 1.82) is 0 Å². The summed E-state index contributed by atoms with van der Waals surface area (Å²) < 4.78 is 17.6. The second-order valence-electron chi connectivity index (χ2n) is 5.61. The molecule has 132 valence electrons. The fourth-order valence-electron chi connectivity index (χ4n) is 2.28. The highest BCUT2D eigenvalue weighted by Gasteiger charge is 2.18. The number of phenolic OH excluding ortho intramolecular Hbond substituents is 1. The number of methoxy groups -OCH3 is 1. The van der Waals surface area contributed by atoms with Crippen molar-refractivity contribution in [3.8, 4) is 5.75 Å². The Hall–Kier alpha value is -2.89. The number of hydrogen-bond donors (Lipinski definition) is 1. The zero-order valence-electron chi connectivity index (χ0n) is 14.1. The Labute approximate surface area is 145 Å². The lowest BCUT2D eigenvalue weighted by Gasteiger charge is -2.14. The maximum atomic E-state index is 12.9. The van der Waals surface area contributed by atoms with Gasteiger partial charge in [0, 0.05) is 11.5 Å². The highest BCUT2D eigenvalue weighted by molar-refractivity contribution is 6.03. The first-order valence-electron chi connectivity index (χ1n) is 7.80. The van der Waals surface area contributed by atoms with Crippen molar-refractivity contribution in [2.75, 3.05) is 7.11 Å². The van der Waals surface area contributed by atoms with Gasteiger partial charge in [-0.25, -0.2) is 4.39 Å². The summed E-state index contributed by atoms with van der Waals surface area (Å²) in [5, 5.41) is 13.8. The Bertz CT molecular complexity index is 743. The second kappa shape index (κ2) is 8.82. The molecule has 0 fully saturated rings. The molecule has 0 aliphatic rings. The molecule has 5 nitrogen and oxygen atoms in total. The molecule has 2 aromatic rings. The Balaban J connectivity index is 2.17. The third kappa shape index (κ3) is 5.60. The van der Waals surface area contributed by atoms with Gasteiger partial charge in [-0.2, -0.15) is 0 Å². The van der Waals surface area contributed by atoms with Crippen LogP contribution in [0.2, 0.25) is 0 Å². The summed E-state index contributed by atoms with van der Waals surface area (Å²) in [4.78, 5) is 16.9. The van der Waals surface area contributed by atoms with E-state index in [0.717, 1.165) is 5.56 Å². The highest BCUT2D eigenvalue weighted by atomic mass is 19.1. The lowest BCUT2D eigenvalue weighted by molar-refractivity contribution is -0.141. The van der Waals surface area contributed by atoms with Gasteiger partial charge in [-0.15, -0.1) is 0 Å². The number of benzene rings is 2. The number of hydrogen-bond acceptors (Lipinski definition) is 5. The number of oxime groups is 1. The van der Waals surface area contributed by atoms with E-state index in [1.54, 1.807) is 36.4 Å². The van der Waals surface area contributed by atoms with Crippen LogP contribution in [0.5, 0.6) is 5.75 Å². The molecule has 0 heterocycles. The molecular formula is C19H20FNO4. The summed E-state index contributed by atoms with van der Waals surface area (Å²) in [6, 6.07) is 12.5. The van der Waals surface area contributed by atoms with E-state index in [-0.39, 0.29) is 36.5 Å². The molecule has 6 heteroatoms. The molecule has 0 aliphatic carbocycles. The fraction of sp³-hybridized carbons (Fsp3) is 0.263. The van der Waals surface area contributed by atoms with E-state index in [2.05, 4.69) is 5.16 Å². The number of halogens is 1. The van der Waals surface area contributed by atoms with Crippen LogP contribution in [0.1, 0.15) is 24.5 Å². The number of carbonyl (C=O) groups excluding carboxylic acids is 1. The molecule has 0 spiro atoms. The molecular weight excluding hydrogens is 325 g/mol. The van der Waals surface area contributed by atoms with E-state index in [4.69, 9.17) is 9.57 Å². The number of nitrogens with zero attached hydrogens (tertiary/aromatic N) is 1. The van der Waals surface area contributed by atoms with Crippen LogP contribution >= 0.6 is 0 Å². The molecule has 2 rings (SSSR count). The van der Waals surface area contributed by atoms with Crippen LogP contribution in [0.25, 0.3) is 0 Å². The lowest BCUT2D eigenvalue weighted by atomic mass is 9.95. The number of ether oxygens (including phenoxy) is 1. The second-order valence-corrected chi connectivity index (χ2v) is 5.61. The Morgan fingerprint density at radius 1 is 1.24 bits per heavy atom. The van der Waals surface area contributed by atoms with Crippen LogP contribution in [0.4, 0.5) is 4.39 Å². The molecule has 1 N–H and O–H groups in total. The molecule has 25 heavy (non-hydrogen) atoms. The minimum Gasteiger partial charge on any atom is -0.508 e. The van der Waals surface area contributed by atoms with Gasteiger partial charge in [-0.3, -0.25) is 4.79 Å². The van der Waals surface area contributed by atoms with Gasteiger partial charge >= 0.3 is 5.97 Å². The Morgan fingerprint density at radius 2 is 1.96 bits per heavy atom. The SMILES string of the molecule is COC(=O)CC(C)/C(=N\OCc1ccc(F)cc1)c1cccc(O)c1. The molecule has 0 saturated carbocycles. The van der Waals surface area contributed by atoms with Crippen LogP contribution in [0, 0.1) is 11.7 Å². The Kier molecular flexibility index (Phi) is 6.51. The highest BCUT2D eigenvalue weighted by Crippen LogP contribution is 2.19. The minimum absolute atomic E-state index is 0.0917. The van der Waals surface area contributed by atoms with E-state index in [1.165, 1.54) is 19.2 Å². The third-order valence-corrected chi connectivity index (χ3v) is 3.62. The van der Waals surface area contributed by atoms with Gasteiger partial charge in [-0.05, 0) is 29.8 Å². The van der Waals surface area contributed by atoms with Crippen molar-refractivity contribution in [2.45, 2.75) is 20.0 Å². The summed E-state index contributed by atoms with van der Waals surface area (Å²) >= 11 is 0. The molecule has 0 amide bonds. The maximum Gasteiger partial charge on any atom is 0.306 e. The van der Waals surface area contributed by atoms with Crippen molar-refractivity contribution in [2.24, 2.45) is 11.1 Å². The minimum atomic E-state index is -0.362. The summed E-state index contributed by atoms with van der Waals surface area (Å²) in [6.07, 6.45) is 0.130. The first kappa shape index (κ1) is 18.4. The number of aromatic hydroxyl groups is 1. The number of phenols is 1. The lowest BCUT2D eigenvalue weighted by Crippen LogP contribution is -2.18. The van der Waals surface area contributed by atoms with Gasteiger partial charge in [-0.1, -0.05) is 36.3 Å². The van der Waals surface area contributed by atoms with Gasteiger partial charge in [0.1, 0.15) is 18.2 Å². The smallest absolute Gasteiger partial charge is 0.306 e. The topological polar surface area (TPSA) is 68.1 Å². The van der Waals surface area contributed by atoms with Crippen molar-refractivity contribution in [3.63, 3.8) is 0 Å². The van der Waals surface area contributed by atoms with Crippen molar-refractivity contribution < 1.29 is 23.9 Å². The summed E-state index contributed by atoms with van der Waals surface area (Å²) in [7, 11) is 1.32. The number of esters is 1. The molecule has 0 aliphatic heterocycles. The van der Waals surface area contributed by atoms with Crippen molar-refractivity contribution >= 4 is 11.7 Å². The number of rotatable bonds is 7. The van der Waals surface area contributed by atoms with Crippen LogP contribution in [-0.2, 0) is 21.0 Å². The predicted octanol–water partition coefficient (Wildman–Crippen LogP) is 3.65. The first-order chi connectivity index (χ1) is 12.0. The molecule has 2 aromatic carbocycles. The zero-order chi connectivity index (χ0) is 18.2. The Morgan fingerprint density at radius 3 is 2.60 bits per heavy atom. The molecule has 0 radical (unpaired) electrons. The van der Waals surface area contributed by atoms with Crippen LogP contribution < -0.4 is 0 Å². The quantitative estimate of drug-likeness (QED) is 0.472. The predicted molar refractivity (Wildman–Crippen MR) is 91.6 cm³/mol. The summed E-state index contributed by atoms with van der Waals surface area (Å²) in [5.41, 5.74) is 1.93. The van der Waals surface area contributed by atoms with Crippen molar-refractivity contribution in [3.05, 3.63) is 65.5 Å². The van der Waals surface area contributed by atoms with E-state index in [9.17, 15) is 14.3 Å². The number of carbonyl (C=O) groups is 1. The van der Waals surface area contributed by atoms with Gasteiger partial charge in [0.25, 0.3) is 0 Å². The van der Waals surface area contributed by atoms with Gasteiger partial charge in [0.05, 0.1) is 19.2 Å². The molecule has 0 saturated heterocycles. The van der Waals surface area contributed by atoms with E-state index in [1.807, 2.05) is 6.92 Å². The largest absolute Gasteiger partial charge is 0.508 e. The van der Waals surface area contributed by atoms with E-state index < -0.39 is 0 Å². The molecule has 0 bridgehead atoms. The average Bonchev–Trinajstić information content (AvgIpc) is 2.60. The average molecular weight is 345 g/mol. The first-order valence-corrected chi connectivity index (χ1v) is 7.80. The normalized spacial score (nSPS) is 12.5. The van der Waals surface area contributed by atoms with Crippen LogP contribution in [-0.4, -0.2) is 23.9 Å². The molecule has 1 atom stereocenters. The van der Waals surface area contributed by atoms with Crippen molar-refractivity contribution in [1.82, 2.24) is 0 Å². The standard InChI is InChI=1S/C19H20FNO4/c1-13(10-18(23)24-2)19(15-4-3-5-17(22)11-15)21-25-12-14-6-8-16(20)9-7-14/h3-9,11,13,22H,10,12H2,1-2H3/b21-19+. The van der Waals surface area contributed by atoms with E-state index >= 15 is 0 Å². The summed E-state index contributed by atoms with van der Waals surface area (Å²) in [6.45, 7) is 1.98. The van der Waals surface area contributed by atoms with E-state index in [0.29, 0.717) is 11.3 Å². The van der Waals surface area contributed by atoms with Crippen LogP contribution in [0.3, 0.4) is 0 Å². The third-order valence-electron chi connectivity index (χ3n) is 3.62. The van der Waals surface area contributed by atoms with Gasteiger partial charge in [0.15, 0.2) is 0 Å². The molecule has 0 aromatic heterocycles.